The second-order valence-corrected chi connectivity index (χ2v) is 5.67. The van der Waals surface area contributed by atoms with Gasteiger partial charge in [0.2, 0.25) is 0 Å². The predicted octanol–water partition coefficient (Wildman–Crippen LogP) is 2.34. The number of nitrogens with zero attached hydrogens (tertiary/aromatic N) is 3. The van der Waals surface area contributed by atoms with E-state index in [1.807, 2.05) is 51.0 Å². The molecule has 0 saturated heterocycles. The summed E-state index contributed by atoms with van der Waals surface area (Å²) in [6, 6.07) is 9.43. The Hall–Kier alpha value is -2.14. The molecule has 0 aliphatic rings. The van der Waals surface area contributed by atoms with Crippen LogP contribution >= 0.6 is 0 Å². The van der Waals surface area contributed by atoms with E-state index in [9.17, 15) is 9.90 Å². The molecule has 0 spiro atoms. The molecule has 118 valence electrons. The van der Waals surface area contributed by atoms with E-state index in [2.05, 4.69) is 17.2 Å². The zero-order valence-electron chi connectivity index (χ0n) is 13.6. The van der Waals surface area contributed by atoms with Gasteiger partial charge in [-0.25, -0.2) is 0 Å². The molecule has 1 atom stereocenters. The fourth-order valence-corrected chi connectivity index (χ4v) is 2.80. The van der Waals surface area contributed by atoms with Gasteiger partial charge < -0.3 is 5.11 Å². The minimum atomic E-state index is -0.838. The van der Waals surface area contributed by atoms with E-state index in [-0.39, 0.29) is 0 Å². The number of aryl methyl sites for hydroxylation is 2. The van der Waals surface area contributed by atoms with Gasteiger partial charge in [0.25, 0.3) is 0 Å². The summed E-state index contributed by atoms with van der Waals surface area (Å²) in [7, 11) is 3.70. The number of aromatic nitrogens is 2. The maximum atomic E-state index is 11.8. The predicted molar refractivity (Wildman–Crippen MR) is 85.8 cm³/mol. The van der Waals surface area contributed by atoms with Gasteiger partial charge in [0.1, 0.15) is 6.04 Å². The lowest BCUT2D eigenvalue weighted by molar-refractivity contribution is -0.143. The van der Waals surface area contributed by atoms with Crippen molar-refractivity contribution < 1.29 is 9.90 Å². The molecule has 0 saturated carbocycles. The van der Waals surface area contributed by atoms with Gasteiger partial charge in [-0.1, -0.05) is 30.3 Å². The molecule has 5 nitrogen and oxygen atoms in total. The van der Waals surface area contributed by atoms with Crippen LogP contribution in [-0.4, -0.2) is 39.3 Å². The van der Waals surface area contributed by atoms with Gasteiger partial charge in [-0.05, 0) is 32.9 Å². The van der Waals surface area contributed by atoms with Crippen LogP contribution in [0.2, 0.25) is 0 Å². The lowest BCUT2D eigenvalue weighted by atomic mass is 10.0. The minimum absolute atomic E-state index is 0.669. The van der Waals surface area contributed by atoms with Crippen LogP contribution in [0.15, 0.2) is 30.3 Å². The standard InChI is InChI=1S/C17H23N3O2/c1-12-15(13(2)20(4)18-12)16(17(21)22)19(3)11-10-14-8-6-5-7-9-14/h5-9,16H,10-11H2,1-4H3,(H,21,22). The summed E-state index contributed by atoms with van der Waals surface area (Å²) >= 11 is 0. The fraction of sp³-hybridized carbons (Fsp3) is 0.412. The highest BCUT2D eigenvalue weighted by Gasteiger charge is 2.29. The first-order valence-corrected chi connectivity index (χ1v) is 7.39. The molecule has 0 bridgehead atoms. The van der Waals surface area contributed by atoms with E-state index < -0.39 is 12.0 Å². The van der Waals surface area contributed by atoms with Crippen LogP contribution in [0.4, 0.5) is 0 Å². The van der Waals surface area contributed by atoms with Crippen molar-refractivity contribution in [2.45, 2.75) is 26.3 Å². The van der Waals surface area contributed by atoms with Crippen molar-refractivity contribution >= 4 is 5.97 Å². The largest absolute Gasteiger partial charge is 0.480 e. The molecule has 0 radical (unpaired) electrons. The average Bonchev–Trinajstić information content (AvgIpc) is 2.73. The third-order valence-corrected chi connectivity index (χ3v) is 4.11. The normalized spacial score (nSPS) is 12.6. The zero-order chi connectivity index (χ0) is 16.3. The van der Waals surface area contributed by atoms with Gasteiger partial charge in [-0.3, -0.25) is 14.4 Å². The Bertz CT molecular complexity index is 649. The first-order valence-electron chi connectivity index (χ1n) is 7.39. The van der Waals surface area contributed by atoms with Gasteiger partial charge in [-0.15, -0.1) is 0 Å². The van der Waals surface area contributed by atoms with Crippen molar-refractivity contribution in [1.82, 2.24) is 14.7 Å². The summed E-state index contributed by atoms with van der Waals surface area (Å²) in [5.41, 5.74) is 3.68. The molecule has 0 amide bonds. The molecule has 5 heteroatoms. The molecule has 0 aliphatic carbocycles. The van der Waals surface area contributed by atoms with E-state index in [1.165, 1.54) is 5.56 Å². The zero-order valence-corrected chi connectivity index (χ0v) is 13.6. The van der Waals surface area contributed by atoms with E-state index >= 15 is 0 Å². The second kappa shape index (κ2) is 6.75. The highest BCUT2D eigenvalue weighted by atomic mass is 16.4. The summed E-state index contributed by atoms with van der Waals surface area (Å²) in [5, 5.41) is 14.0. The summed E-state index contributed by atoms with van der Waals surface area (Å²) in [6.07, 6.45) is 0.819. The third-order valence-electron chi connectivity index (χ3n) is 4.11. The number of aliphatic carboxylic acids is 1. The summed E-state index contributed by atoms with van der Waals surface area (Å²) < 4.78 is 1.74. The van der Waals surface area contributed by atoms with E-state index in [0.717, 1.165) is 23.4 Å². The molecule has 2 aromatic rings. The smallest absolute Gasteiger partial charge is 0.325 e. The van der Waals surface area contributed by atoms with E-state index in [4.69, 9.17) is 0 Å². The molecule has 1 heterocycles. The van der Waals surface area contributed by atoms with Crippen LogP contribution in [-0.2, 0) is 18.3 Å². The van der Waals surface area contributed by atoms with Crippen molar-refractivity contribution in [3.05, 3.63) is 52.8 Å². The second-order valence-electron chi connectivity index (χ2n) is 5.67. The Labute approximate surface area is 131 Å². The van der Waals surface area contributed by atoms with Gasteiger partial charge in [-0.2, -0.15) is 5.10 Å². The maximum absolute atomic E-state index is 11.8. The van der Waals surface area contributed by atoms with Crippen LogP contribution in [0.25, 0.3) is 0 Å². The van der Waals surface area contributed by atoms with Crippen LogP contribution in [0, 0.1) is 13.8 Å². The molecule has 1 N–H and O–H groups in total. The van der Waals surface area contributed by atoms with Gasteiger partial charge in [0.05, 0.1) is 5.69 Å². The molecule has 1 aromatic heterocycles. The highest BCUT2D eigenvalue weighted by Crippen LogP contribution is 2.26. The molecule has 0 fully saturated rings. The van der Waals surface area contributed by atoms with Crippen molar-refractivity contribution in [3.63, 3.8) is 0 Å². The van der Waals surface area contributed by atoms with Crippen molar-refractivity contribution in [2.24, 2.45) is 7.05 Å². The molecular formula is C17H23N3O2. The number of benzene rings is 1. The monoisotopic (exact) mass is 301 g/mol. The quantitative estimate of drug-likeness (QED) is 0.889. The van der Waals surface area contributed by atoms with Crippen LogP contribution < -0.4 is 0 Å². The lowest BCUT2D eigenvalue weighted by Crippen LogP contribution is -2.33. The van der Waals surface area contributed by atoms with E-state index in [0.29, 0.717) is 6.54 Å². The molecule has 2 rings (SSSR count). The average molecular weight is 301 g/mol. The van der Waals surface area contributed by atoms with Crippen LogP contribution in [0.3, 0.4) is 0 Å². The Morgan fingerprint density at radius 1 is 1.32 bits per heavy atom. The number of carbonyl (C=O) groups is 1. The molecule has 1 unspecified atom stereocenters. The topological polar surface area (TPSA) is 58.4 Å². The summed E-state index contributed by atoms with van der Waals surface area (Å²) in [5.74, 6) is -0.838. The highest BCUT2D eigenvalue weighted by molar-refractivity contribution is 5.76. The van der Waals surface area contributed by atoms with Gasteiger partial charge in [0, 0.05) is 24.8 Å². The fourth-order valence-electron chi connectivity index (χ4n) is 2.80. The molecule has 22 heavy (non-hydrogen) atoms. The summed E-state index contributed by atoms with van der Waals surface area (Å²) in [6.45, 7) is 4.45. The van der Waals surface area contributed by atoms with Gasteiger partial charge in [0.15, 0.2) is 0 Å². The molecule has 0 aliphatic heterocycles. The Morgan fingerprint density at radius 2 is 1.95 bits per heavy atom. The lowest BCUT2D eigenvalue weighted by Gasteiger charge is -2.25. The molecule has 1 aromatic carbocycles. The Kier molecular flexibility index (Phi) is 4.98. The SMILES string of the molecule is Cc1nn(C)c(C)c1C(C(=O)O)N(C)CCc1ccccc1. The van der Waals surface area contributed by atoms with Gasteiger partial charge >= 0.3 is 5.97 Å². The maximum Gasteiger partial charge on any atom is 0.325 e. The molecular weight excluding hydrogens is 278 g/mol. The minimum Gasteiger partial charge on any atom is -0.480 e. The van der Waals surface area contributed by atoms with E-state index in [1.54, 1.807) is 4.68 Å². The van der Waals surface area contributed by atoms with Crippen molar-refractivity contribution in [2.75, 3.05) is 13.6 Å². The Morgan fingerprint density at radius 3 is 2.45 bits per heavy atom. The number of carboxylic acid groups (broad SMARTS) is 1. The van der Waals surface area contributed by atoms with Crippen LogP contribution in [0.1, 0.15) is 28.6 Å². The van der Waals surface area contributed by atoms with Crippen LogP contribution in [0.5, 0.6) is 0 Å². The third kappa shape index (κ3) is 3.36. The first-order chi connectivity index (χ1) is 10.4. The number of likely N-dealkylation sites (N-methyl/N-ethyl adjacent to an activating group) is 1. The summed E-state index contributed by atoms with van der Waals surface area (Å²) in [4.78, 5) is 13.7. The first kappa shape index (κ1) is 16.2. The number of hydrogen-bond donors (Lipinski definition) is 1. The number of hydrogen-bond acceptors (Lipinski definition) is 3. The number of rotatable bonds is 6. The number of carboxylic acids is 1. The van der Waals surface area contributed by atoms with Crippen molar-refractivity contribution in [3.8, 4) is 0 Å². The Balaban J connectivity index is 2.19. The van der Waals surface area contributed by atoms with Crippen molar-refractivity contribution in [1.29, 1.82) is 0 Å².